The quantitative estimate of drug-likeness (QED) is 0.739. The normalized spacial score (nSPS) is 11.2. The molecule has 128 valence electrons. The fourth-order valence-electron chi connectivity index (χ4n) is 1.95. The van der Waals surface area contributed by atoms with E-state index in [9.17, 15) is 22.4 Å². The molecule has 0 atom stereocenters. The first-order valence-electron chi connectivity index (χ1n) is 6.42. The summed E-state index contributed by atoms with van der Waals surface area (Å²) in [6.45, 7) is 1.48. The van der Waals surface area contributed by atoms with Crippen LogP contribution in [0.2, 0.25) is 5.02 Å². The molecule has 4 nitrogen and oxygen atoms in total. The SMILES string of the molecule is Cc1cc(OC(F)(F)F)ccc1Nc1cc(F)c(Cl)cc1C(=O)O. The molecular formula is C15H10ClF4NO3. The van der Waals surface area contributed by atoms with E-state index in [2.05, 4.69) is 10.1 Å². The zero-order chi connectivity index (χ0) is 18.1. The highest BCUT2D eigenvalue weighted by molar-refractivity contribution is 6.31. The van der Waals surface area contributed by atoms with Crippen LogP contribution in [0.3, 0.4) is 0 Å². The highest BCUT2D eigenvalue weighted by Crippen LogP contribution is 2.31. The lowest BCUT2D eigenvalue weighted by molar-refractivity contribution is -0.274. The van der Waals surface area contributed by atoms with Crippen molar-refractivity contribution in [1.82, 2.24) is 0 Å². The molecule has 0 aliphatic rings. The van der Waals surface area contributed by atoms with Crippen molar-refractivity contribution >= 4 is 28.9 Å². The molecule has 2 N–H and O–H groups in total. The maximum Gasteiger partial charge on any atom is 0.573 e. The summed E-state index contributed by atoms with van der Waals surface area (Å²) in [6, 6.07) is 5.26. The lowest BCUT2D eigenvalue weighted by Crippen LogP contribution is -2.17. The van der Waals surface area contributed by atoms with Gasteiger partial charge < -0.3 is 15.2 Å². The van der Waals surface area contributed by atoms with E-state index < -0.39 is 23.9 Å². The third-order valence-corrected chi connectivity index (χ3v) is 3.28. The van der Waals surface area contributed by atoms with Gasteiger partial charge in [0.1, 0.15) is 11.6 Å². The molecule has 0 bridgehead atoms. The smallest absolute Gasteiger partial charge is 0.478 e. The van der Waals surface area contributed by atoms with Crippen LogP contribution in [-0.4, -0.2) is 17.4 Å². The summed E-state index contributed by atoms with van der Waals surface area (Å²) in [6.07, 6.45) is -4.82. The van der Waals surface area contributed by atoms with Crippen molar-refractivity contribution in [1.29, 1.82) is 0 Å². The topological polar surface area (TPSA) is 58.6 Å². The van der Waals surface area contributed by atoms with Gasteiger partial charge in [0.25, 0.3) is 0 Å². The van der Waals surface area contributed by atoms with Crippen molar-refractivity contribution in [3.05, 3.63) is 52.3 Å². The first kappa shape index (κ1) is 17.9. The number of halogens is 5. The van der Waals surface area contributed by atoms with Crippen LogP contribution in [0, 0.1) is 12.7 Å². The first-order valence-corrected chi connectivity index (χ1v) is 6.80. The standard InChI is InChI=1S/C15H10ClF4NO3/c1-7-4-8(24-15(18,19)20)2-3-12(7)21-13-6-11(17)10(16)5-9(13)14(22)23/h2-6,21H,1H3,(H,22,23). The number of hydrogen-bond acceptors (Lipinski definition) is 3. The Bertz CT molecular complexity index is 793. The summed E-state index contributed by atoms with van der Waals surface area (Å²) in [7, 11) is 0. The molecule has 0 saturated heterocycles. The lowest BCUT2D eigenvalue weighted by Gasteiger charge is -2.15. The second kappa shape index (κ2) is 6.56. The number of benzene rings is 2. The Morgan fingerprint density at radius 1 is 1.21 bits per heavy atom. The lowest BCUT2D eigenvalue weighted by atomic mass is 10.1. The number of nitrogens with one attached hydrogen (secondary N) is 1. The minimum Gasteiger partial charge on any atom is -0.478 e. The van der Waals surface area contributed by atoms with Gasteiger partial charge in [0.15, 0.2) is 0 Å². The van der Waals surface area contributed by atoms with Crippen LogP contribution in [0.4, 0.5) is 28.9 Å². The second-order valence-electron chi connectivity index (χ2n) is 4.77. The fraction of sp³-hybridized carbons (Fsp3) is 0.133. The molecule has 0 fully saturated rings. The molecule has 2 rings (SSSR count). The Kier molecular flexibility index (Phi) is 4.88. The Balaban J connectivity index is 2.35. The predicted molar refractivity (Wildman–Crippen MR) is 79.5 cm³/mol. The molecule has 0 amide bonds. The van der Waals surface area contributed by atoms with E-state index >= 15 is 0 Å². The van der Waals surface area contributed by atoms with Crippen molar-refractivity contribution in [2.75, 3.05) is 5.32 Å². The molecule has 0 unspecified atom stereocenters. The summed E-state index contributed by atoms with van der Waals surface area (Å²) < 4.78 is 53.9. The molecule has 0 spiro atoms. The summed E-state index contributed by atoms with van der Waals surface area (Å²) in [4.78, 5) is 11.2. The second-order valence-corrected chi connectivity index (χ2v) is 5.17. The van der Waals surface area contributed by atoms with Crippen molar-refractivity contribution in [3.63, 3.8) is 0 Å². The van der Waals surface area contributed by atoms with Gasteiger partial charge in [-0.25, -0.2) is 9.18 Å². The van der Waals surface area contributed by atoms with Crippen molar-refractivity contribution in [2.24, 2.45) is 0 Å². The first-order chi connectivity index (χ1) is 11.1. The number of rotatable bonds is 4. The van der Waals surface area contributed by atoms with Crippen LogP contribution in [-0.2, 0) is 0 Å². The molecule has 0 heterocycles. The monoisotopic (exact) mass is 363 g/mol. The minimum absolute atomic E-state index is 0.0861. The Morgan fingerprint density at radius 3 is 2.42 bits per heavy atom. The molecule has 24 heavy (non-hydrogen) atoms. The van der Waals surface area contributed by atoms with Gasteiger partial charge in [0.2, 0.25) is 0 Å². The van der Waals surface area contributed by atoms with E-state index in [0.29, 0.717) is 5.56 Å². The van der Waals surface area contributed by atoms with E-state index in [4.69, 9.17) is 16.7 Å². The van der Waals surface area contributed by atoms with Crippen LogP contribution >= 0.6 is 11.6 Å². The highest BCUT2D eigenvalue weighted by atomic mass is 35.5. The van der Waals surface area contributed by atoms with Crippen molar-refractivity contribution < 1.29 is 32.2 Å². The van der Waals surface area contributed by atoms with E-state index in [1.165, 1.54) is 13.0 Å². The van der Waals surface area contributed by atoms with Crippen LogP contribution in [0.1, 0.15) is 15.9 Å². The number of ether oxygens (including phenoxy) is 1. The maximum atomic E-state index is 13.6. The largest absolute Gasteiger partial charge is 0.573 e. The number of carboxylic acid groups (broad SMARTS) is 1. The van der Waals surface area contributed by atoms with Gasteiger partial charge >= 0.3 is 12.3 Å². The van der Waals surface area contributed by atoms with E-state index in [1.807, 2.05) is 0 Å². The third-order valence-electron chi connectivity index (χ3n) is 2.99. The average Bonchev–Trinajstić information content (AvgIpc) is 2.43. The van der Waals surface area contributed by atoms with Crippen LogP contribution in [0.25, 0.3) is 0 Å². The summed E-state index contributed by atoms with van der Waals surface area (Å²) in [5.41, 5.74) is 0.255. The van der Waals surface area contributed by atoms with Gasteiger partial charge in [-0.3, -0.25) is 0 Å². The zero-order valence-corrected chi connectivity index (χ0v) is 12.8. The average molecular weight is 364 g/mol. The number of carboxylic acids is 1. The molecule has 9 heteroatoms. The van der Waals surface area contributed by atoms with Gasteiger partial charge in [-0.05, 0) is 42.8 Å². The Hall–Kier alpha value is -2.48. The molecule has 2 aromatic rings. The van der Waals surface area contributed by atoms with E-state index in [-0.39, 0.29) is 22.0 Å². The number of carbonyl (C=O) groups is 1. The van der Waals surface area contributed by atoms with Gasteiger partial charge in [-0.1, -0.05) is 11.6 Å². The molecule has 0 aliphatic heterocycles. The molecule has 0 aliphatic carbocycles. The number of aryl methyl sites for hydroxylation is 1. The Morgan fingerprint density at radius 2 is 1.88 bits per heavy atom. The number of hydrogen-bond donors (Lipinski definition) is 2. The maximum absolute atomic E-state index is 13.6. The van der Waals surface area contributed by atoms with Crippen molar-refractivity contribution in [3.8, 4) is 5.75 Å². The summed E-state index contributed by atoms with van der Waals surface area (Å²) in [5, 5.41) is 11.4. The van der Waals surface area contributed by atoms with E-state index in [1.54, 1.807) is 0 Å². The van der Waals surface area contributed by atoms with Gasteiger partial charge in [-0.15, -0.1) is 13.2 Å². The third kappa shape index (κ3) is 4.29. The summed E-state index contributed by atoms with van der Waals surface area (Å²) in [5.74, 6) is -2.60. The van der Waals surface area contributed by atoms with Gasteiger partial charge in [0.05, 0.1) is 16.3 Å². The minimum atomic E-state index is -4.82. The van der Waals surface area contributed by atoms with Crippen LogP contribution in [0.15, 0.2) is 30.3 Å². The number of alkyl halides is 3. The predicted octanol–water partition coefficient (Wildman–Crippen LogP) is 5.13. The fourth-order valence-corrected chi connectivity index (χ4v) is 2.11. The zero-order valence-electron chi connectivity index (χ0n) is 12.0. The van der Waals surface area contributed by atoms with Crippen molar-refractivity contribution in [2.45, 2.75) is 13.3 Å². The molecule has 0 saturated carbocycles. The highest BCUT2D eigenvalue weighted by Gasteiger charge is 2.31. The van der Waals surface area contributed by atoms with Crippen LogP contribution < -0.4 is 10.1 Å². The molecule has 0 aromatic heterocycles. The number of aromatic carboxylic acids is 1. The molecule has 0 radical (unpaired) electrons. The molecule has 2 aromatic carbocycles. The number of anilines is 2. The van der Waals surface area contributed by atoms with E-state index in [0.717, 1.165) is 24.3 Å². The molecular weight excluding hydrogens is 354 g/mol. The summed E-state index contributed by atoms with van der Waals surface area (Å²) >= 11 is 5.56. The Labute approximate surface area is 138 Å². The van der Waals surface area contributed by atoms with Gasteiger partial charge in [-0.2, -0.15) is 0 Å². The van der Waals surface area contributed by atoms with Gasteiger partial charge in [0, 0.05) is 5.69 Å². The van der Waals surface area contributed by atoms with Crippen LogP contribution in [0.5, 0.6) is 5.75 Å².